The van der Waals surface area contributed by atoms with Gasteiger partial charge in [0.05, 0.1) is 11.4 Å². The van der Waals surface area contributed by atoms with Crippen molar-refractivity contribution in [2.75, 3.05) is 5.32 Å². The fraction of sp³-hybridized carbons (Fsp3) is 0.0909. The highest BCUT2D eigenvalue weighted by molar-refractivity contribution is 6.33. The number of nitrogens with one attached hydrogen (secondary N) is 1. The van der Waals surface area contributed by atoms with Gasteiger partial charge in [0, 0.05) is 12.4 Å². The number of nitrogens with zero attached hydrogens (tertiary/aromatic N) is 2. The van der Waals surface area contributed by atoms with E-state index in [-0.39, 0.29) is 0 Å². The third kappa shape index (κ3) is 2.26. The zero-order valence-electron chi connectivity index (χ0n) is 8.54. The molecule has 0 aliphatic heterocycles. The standard InChI is InChI=1S/C11H9Cl2N3/c1-7-4-6-15-11(13)9(7)16-8-3-2-5-14-10(8)12/h2-6,16H,1H3. The first kappa shape index (κ1) is 11.2. The second-order valence-corrected chi connectivity index (χ2v) is 3.98. The molecule has 3 nitrogen and oxygen atoms in total. The summed E-state index contributed by atoms with van der Waals surface area (Å²) in [5, 5.41) is 3.94. The highest BCUT2D eigenvalue weighted by Gasteiger charge is 2.07. The van der Waals surface area contributed by atoms with Crippen molar-refractivity contribution < 1.29 is 0 Å². The topological polar surface area (TPSA) is 37.8 Å². The normalized spacial score (nSPS) is 10.2. The summed E-state index contributed by atoms with van der Waals surface area (Å²) >= 11 is 11.9. The summed E-state index contributed by atoms with van der Waals surface area (Å²) < 4.78 is 0. The number of halogens is 2. The van der Waals surface area contributed by atoms with Crippen molar-refractivity contribution in [3.8, 4) is 0 Å². The number of hydrogen-bond donors (Lipinski definition) is 1. The van der Waals surface area contributed by atoms with Gasteiger partial charge >= 0.3 is 0 Å². The average Bonchev–Trinajstić information content (AvgIpc) is 2.26. The SMILES string of the molecule is Cc1ccnc(Cl)c1Nc1cccnc1Cl. The minimum absolute atomic E-state index is 0.404. The Morgan fingerprint density at radius 2 is 1.81 bits per heavy atom. The predicted molar refractivity (Wildman–Crippen MR) is 66.5 cm³/mol. The monoisotopic (exact) mass is 253 g/mol. The van der Waals surface area contributed by atoms with E-state index in [2.05, 4.69) is 15.3 Å². The molecule has 1 N–H and O–H groups in total. The van der Waals surface area contributed by atoms with Crippen LogP contribution in [0, 0.1) is 6.92 Å². The van der Waals surface area contributed by atoms with Crippen molar-refractivity contribution in [3.63, 3.8) is 0 Å². The second kappa shape index (κ2) is 4.68. The predicted octanol–water partition coefficient (Wildman–Crippen LogP) is 3.84. The highest BCUT2D eigenvalue weighted by Crippen LogP contribution is 2.29. The molecule has 0 spiro atoms. The van der Waals surface area contributed by atoms with E-state index >= 15 is 0 Å². The van der Waals surface area contributed by atoms with Crippen molar-refractivity contribution in [1.82, 2.24) is 9.97 Å². The first-order valence-corrected chi connectivity index (χ1v) is 5.42. The molecular weight excluding hydrogens is 245 g/mol. The van der Waals surface area contributed by atoms with Crippen LogP contribution in [0.4, 0.5) is 11.4 Å². The maximum absolute atomic E-state index is 5.99. The van der Waals surface area contributed by atoms with Crippen LogP contribution in [0.1, 0.15) is 5.56 Å². The van der Waals surface area contributed by atoms with Crippen LogP contribution in [0.5, 0.6) is 0 Å². The van der Waals surface area contributed by atoms with Gasteiger partial charge in [-0.25, -0.2) is 9.97 Å². The van der Waals surface area contributed by atoms with E-state index in [1.807, 2.05) is 19.1 Å². The van der Waals surface area contributed by atoms with Crippen LogP contribution in [0.3, 0.4) is 0 Å². The first-order chi connectivity index (χ1) is 7.68. The minimum Gasteiger partial charge on any atom is -0.350 e. The van der Waals surface area contributed by atoms with Gasteiger partial charge in [0.25, 0.3) is 0 Å². The molecular formula is C11H9Cl2N3. The fourth-order valence-corrected chi connectivity index (χ4v) is 1.71. The molecule has 2 rings (SSSR count). The maximum atomic E-state index is 5.99. The van der Waals surface area contributed by atoms with Crippen LogP contribution >= 0.6 is 23.2 Å². The third-order valence-electron chi connectivity index (χ3n) is 2.13. The van der Waals surface area contributed by atoms with Gasteiger partial charge in [-0.3, -0.25) is 0 Å². The van der Waals surface area contributed by atoms with Crippen LogP contribution in [0.2, 0.25) is 10.3 Å². The largest absolute Gasteiger partial charge is 0.350 e. The zero-order chi connectivity index (χ0) is 11.5. The van der Waals surface area contributed by atoms with Crippen LogP contribution in [-0.2, 0) is 0 Å². The Morgan fingerprint density at radius 1 is 1.06 bits per heavy atom. The van der Waals surface area contributed by atoms with Gasteiger partial charge in [0.15, 0.2) is 10.3 Å². The molecule has 2 aromatic rings. The van der Waals surface area contributed by atoms with Crippen molar-refractivity contribution in [1.29, 1.82) is 0 Å². The van der Waals surface area contributed by atoms with E-state index in [0.29, 0.717) is 16.0 Å². The summed E-state index contributed by atoms with van der Waals surface area (Å²) in [4.78, 5) is 7.98. The number of anilines is 2. The number of aryl methyl sites for hydroxylation is 1. The van der Waals surface area contributed by atoms with E-state index in [1.54, 1.807) is 18.5 Å². The number of rotatable bonds is 2. The summed E-state index contributed by atoms with van der Waals surface area (Å²) in [6, 6.07) is 5.50. The van der Waals surface area contributed by atoms with Crippen LogP contribution in [0.25, 0.3) is 0 Å². The first-order valence-electron chi connectivity index (χ1n) is 4.67. The summed E-state index contributed by atoms with van der Waals surface area (Å²) in [5.41, 5.74) is 2.46. The molecule has 0 radical (unpaired) electrons. The summed E-state index contributed by atoms with van der Waals surface area (Å²) in [7, 11) is 0. The van der Waals surface area contributed by atoms with Crippen molar-refractivity contribution in [2.45, 2.75) is 6.92 Å². The van der Waals surface area contributed by atoms with Gasteiger partial charge in [0.1, 0.15) is 0 Å². The van der Waals surface area contributed by atoms with Crippen LogP contribution in [0.15, 0.2) is 30.6 Å². The van der Waals surface area contributed by atoms with Crippen molar-refractivity contribution >= 4 is 34.6 Å². The van der Waals surface area contributed by atoms with Gasteiger partial charge in [-0.1, -0.05) is 23.2 Å². The number of hydrogen-bond acceptors (Lipinski definition) is 3. The highest BCUT2D eigenvalue weighted by atomic mass is 35.5. The van der Waals surface area contributed by atoms with E-state index in [1.165, 1.54) is 0 Å². The van der Waals surface area contributed by atoms with Crippen LogP contribution < -0.4 is 5.32 Å². The molecule has 0 atom stereocenters. The lowest BCUT2D eigenvalue weighted by molar-refractivity contribution is 1.27. The Hall–Kier alpha value is -1.32. The molecule has 2 heterocycles. The lowest BCUT2D eigenvalue weighted by Crippen LogP contribution is -1.96. The molecule has 0 saturated heterocycles. The zero-order valence-corrected chi connectivity index (χ0v) is 10.0. The smallest absolute Gasteiger partial charge is 0.152 e. The molecule has 0 bridgehead atoms. The fourth-order valence-electron chi connectivity index (χ4n) is 1.29. The Bertz CT molecular complexity index is 494. The van der Waals surface area contributed by atoms with Gasteiger partial charge in [0.2, 0.25) is 0 Å². The van der Waals surface area contributed by atoms with E-state index in [9.17, 15) is 0 Å². The Kier molecular flexibility index (Phi) is 3.27. The molecule has 0 amide bonds. The Balaban J connectivity index is 2.38. The molecule has 5 heteroatoms. The Morgan fingerprint density at radius 3 is 2.50 bits per heavy atom. The van der Waals surface area contributed by atoms with Gasteiger partial charge in [-0.15, -0.1) is 0 Å². The molecule has 0 unspecified atom stereocenters. The molecule has 0 fully saturated rings. The molecule has 2 aromatic heterocycles. The number of pyridine rings is 2. The third-order valence-corrected chi connectivity index (χ3v) is 2.72. The van der Waals surface area contributed by atoms with Gasteiger partial charge < -0.3 is 5.32 Å². The molecule has 0 saturated carbocycles. The molecule has 0 aromatic carbocycles. The van der Waals surface area contributed by atoms with E-state index in [0.717, 1.165) is 11.3 Å². The number of aromatic nitrogens is 2. The molecule has 82 valence electrons. The molecule has 16 heavy (non-hydrogen) atoms. The summed E-state index contributed by atoms with van der Waals surface area (Å²) in [5.74, 6) is 0. The van der Waals surface area contributed by atoms with Crippen molar-refractivity contribution in [3.05, 3.63) is 46.5 Å². The molecule has 0 aliphatic carbocycles. The second-order valence-electron chi connectivity index (χ2n) is 3.26. The molecule has 0 aliphatic rings. The minimum atomic E-state index is 0.404. The maximum Gasteiger partial charge on any atom is 0.152 e. The van der Waals surface area contributed by atoms with Gasteiger partial charge in [-0.2, -0.15) is 0 Å². The van der Waals surface area contributed by atoms with Crippen molar-refractivity contribution in [2.24, 2.45) is 0 Å². The summed E-state index contributed by atoms with van der Waals surface area (Å²) in [6.45, 7) is 1.94. The lowest BCUT2D eigenvalue weighted by atomic mass is 10.2. The summed E-state index contributed by atoms with van der Waals surface area (Å²) in [6.07, 6.45) is 3.29. The van der Waals surface area contributed by atoms with E-state index < -0.39 is 0 Å². The lowest BCUT2D eigenvalue weighted by Gasteiger charge is -2.11. The van der Waals surface area contributed by atoms with E-state index in [4.69, 9.17) is 23.2 Å². The average molecular weight is 254 g/mol. The quantitative estimate of drug-likeness (QED) is 0.827. The van der Waals surface area contributed by atoms with Crippen LogP contribution in [-0.4, -0.2) is 9.97 Å². The Labute approximate surface area is 103 Å². The van der Waals surface area contributed by atoms with Gasteiger partial charge in [-0.05, 0) is 30.7 Å².